The topological polar surface area (TPSA) is 23.8 Å². The molecule has 0 amide bonds. The first-order valence-electron chi connectivity index (χ1n) is 4.75. The van der Waals surface area contributed by atoms with Crippen molar-refractivity contribution in [3.05, 3.63) is 50.6 Å². The maximum absolute atomic E-state index is 7.43. The molecule has 0 heterocycles. The van der Waals surface area contributed by atoms with Gasteiger partial charge in [-0.2, -0.15) is 5.97 Å². The van der Waals surface area contributed by atoms with Crippen molar-refractivity contribution >= 4 is 7.85 Å². The molecular formula is C13H23BN2. The normalized spacial score (nSPS) is 9.00. The van der Waals surface area contributed by atoms with Gasteiger partial charge in [-0.15, -0.1) is 0 Å². The van der Waals surface area contributed by atoms with Crippen LogP contribution < -0.4 is 0 Å². The van der Waals surface area contributed by atoms with Crippen molar-refractivity contribution < 1.29 is 4.48 Å². The van der Waals surface area contributed by atoms with Gasteiger partial charge in [-0.25, -0.2) is 0 Å². The van der Waals surface area contributed by atoms with E-state index < -0.39 is 0 Å². The number of hydrogen-bond acceptors (Lipinski definition) is 1. The fourth-order valence-corrected chi connectivity index (χ4v) is 1.54. The van der Waals surface area contributed by atoms with E-state index in [-0.39, 0.29) is 7.85 Å². The van der Waals surface area contributed by atoms with Crippen molar-refractivity contribution in [3.8, 4) is 5.97 Å². The van der Waals surface area contributed by atoms with Gasteiger partial charge in [-0.3, -0.25) is 5.26 Å². The van der Waals surface area contributed by atoms with Crippen LogP contribution in [0.1, 0.15) is 0 Å². The van der Waals surface area contributed by atoms with Gasteiger partial charge < -0.3 is 4.48 Å². The minimum Gasteiger partial charge on any atom is -0.311 e. The van der Waals surface area contributed by atoms with E-state index in [0.29, 0.717) is 0 Å². The third-order valence-electron chi connectivity index (χ3n) is 2.07. The molecule has 0 aromatic rings. The SMILES string of the molecule is C=CC[N+](CC=C)(CC=C)CC=C.[BH3-]C#N. The smallest absolute Gasteiger partial charge is 0.0978 e. The maximum Gasteiger partial charge on any atom is 0.0978 e. The number of quaternary nitrogens is 1. The molecule has 0 spiro atoms. The molecule has 16 heavy (non-hydrogen) atoms. The van der Waals surface area contributed by atoms with Gasteiger partial charge in [0, 0.05) is 0 Å². The molecule has 0 saturated carbocycles. The van der Waals surface area contributed by atoms with E-state index in [4.69, 9.17) is 5.26 Å². The highest BCUT2D eigenvalue weighted by Crippen LogP contribution is 2.07. The second kappa shape index (κ2) is 11.5. The van der Waals surface area contributed by atoms with Crippen LogP contribution in [0, 0.1) is 11.2 Å². The molecule has 0 aliphatic carbocycles. The molecule has 0 atom stereocenters. The van der Waals surface area contributed by atoms with Gasteiger partial charge in [-0.1, -0.05) is 26.3 Å². The Hall–Kier alpha value is -1.53. The van der Waals surface area contributed by atoms with E-state index in [2.05, 4.69) is 26.3 Å². The zero-order chi connectivity index (χ0) is 12.9. The van der Waals surface area contributed by atoms with E-state index in [9.17, 15) is 0 Å². The van der Waals surface area contributed by atoms with Crippen molar-refractivity contribution in [2.45, 2.75) is 0 Å². The van der Waals surface area contributed by atoms with Gasteiger partial charge in [0.15, 0.2) is 0 Å². The van der Waals surface area contributed by atoms with Crippen LogP contribution in [-0.4, -0.2) is 38.5 Å². The second-order valence-electron chi connectivity index (χ2n) is 3.23. The third kappa shape index (κ3) is 7.84. The molecular weight excluding hydrogens is 195 g/mol. The van der Waals surface area contributed by atoms with Crippen LogP contribution in [0.25, 0.3) is 0 Å². The molecule has 0 aromatic heterocycles. The van der Waals surface area contributed by atoms with Crippen LogP contribution in [0.2, 0.25) is 0 Å². The summed E-state index contributed by atoms with van der Waals surface area (Å²) in [6.07, 6.45) is 7.76. The van der Waals surface area contributed by atoms with Crippen LogP contribution in [0.4, 0.5) is 0 Å². The third-order valence-corrected chi connectivity index (χ3v) is 2.07. The van der Waals surface area contributed by atoms with Crippen molar-refractivity contribution in [3.63, 3.8) is 0 Å². The summed E-state index contributed by atoms with van der Waals surface area (Å²) in [5, 5.41) is 7.43. The Balaban J connectivity index is 0. The first-order valence-corrected chi connectivity index (χ1v) is 4.75. The average Bonchev–Trinajstić information content (AvgIpc) is 2.20. The molecule has 0 bridgehead atoms. The van der Waals surface area contributed by atoms with Gasteiger partial charge in [-0.05, 0) is 24.3 Å². The number of rotatable bonds is 8. The zero-order valence-corrected chi connectivity index (χ0v) is 9.36. The standard InChI is InChI=1S/C12H20N.CH3BN/c1-5-9-13(10-6-2,11-7-3)12-8-4;2-1-3/h5-8H,1-4,9-12H2;2H3/q+1;-1. The van der Waals surface area contributed by atoms with Crippen LogP contribution in [-0.2, 0) is 0 Å². The summed E-state index contributed by atoms with van der Waals surface area (Å²) >= 11 is 0. The predicted molar refractivity (Wildman–Crippen MR) is 76.1 cm³/mol. The molecule has 0 aliphatic heterocycles. The molecule has 0 aliphatic rings. The fraction of sp³-hybridized carbons (Fsp3) is 0.308. The van der Waals surface area contributed by atoms with Gasteiger partial charge >= 0.3 is 0 Å². The summed E-state index contributed by atoms with van der Waals surface area (Å²) in [6, 6.07) is 0. The predicted octanol–water partition coefficient (Wildman–Crippen LogP) is 1.38. The van der Waals surface area contributed by atoms with Crippen molar-refractivity contribution in [1.82, 2.24) is 0 Å². The lowest BCUT2D eigenvalue weighted by Crippen LogP contribution is -2.48. The van der Waals surface area contributed by atoms with Crippen LogP contribution in [0.15, 0.2) is 50.6 Å². The maximum atomic E-state index is 7.43. The Morgan fingerprint density at radius 1 is 0.875 bits per heavy atom. The summed E-state index contributed by atoms with van der Waals surface area (Å²) in [4.78, 5) is 0. The fourth-order valence-electron chi connectivity index (χ4n) is 1.54. The molecule has 0 unspecified atom stereocenters. The quantitative estimate of drug-likeness (QED) is 0.343. The van der Waals surface area contributed by atoms with Crippen LogP contribution in [0.5, 0.6) is 0 Å². The van der Waals surface area contributed by atoms with E-state index >= 15 is 0 Å². The van der Waals surface area contributed by atoms with Crippen molar-refractivity contribution in [2.24, 2.45) is 0 Å². The lowest BCUT2D eigenvalue weighted by atomic mass is 10.2. The molecule has 2 nitrogen and oxygen atoms in total. The Bertz CT molecular complexity index is 218. The highest BCUT2D eigenvalue weighted by Gasteiger charge is 2.20. The summed E-state index contributed by atoms with van der Waals surface area (Å²) in [5.74, 6) is 2.00. The van der Waals surface area contributed by atoms with E-state index in [0.717, 1.165) is 30.7 Å². The summed E-state index contributed by atoms with van der Waals surface area (Å²) in [6.45, 7) is 18.8. The first-order chi connectivity index (χ1) is 7.66. The molecule has 0 saturated heterocycles. The Morgan fingerprint density at radius 2 is 1.06 bits per heavy atom. The minimum atomic E-state index is 0.0694. The van der Waals surface area contributed by atoms with Crippen LogP contribution >= 0.6 is 0 Å². The second-order valence-corrected chi connectivity index (χ2v) is 3.23. The van der Waals surface area contributed by atoms with E-state index in [1.54, 1.807) is 0 Å². The van der Waals surface area contributed by atoms with E-state index in [1.165, 1.54) is 0 Å². The average molecular weight is 218 g/mol. The number of nitriles is 1. The Labute approximate surface area is 101 Å². The van der Waals surface area contributed by atoms with Crippen molar-refractivity contribution in [1.29, 1.82) is 5.26 Å². The highest BCUT2D eigenvalue weighted by molar-refractivity contribution is 6.20. The molecule has 0 N–H and O–H groups in total. The van der Waals surface area contributed by atoms with Crippen LogP contribution in [0.3, 0.4) is 0 Å². The van der Waals surface area contributed by atoms with Gasteiger partial charge in [0.05, 0.1) is 34.0 Å². The van der Waals surface area contributed by atoms with E-state index in [1.807, 2.05) is 30.3 Å². The lowest BCUT2D eigenvalue weighted by Gasteiger charge is -2.35. The molecule has 0 radical (unpaired) electrons. The summed E-state index contributed by atoms with van der Waals surface area (Å²) in [7, 11) is 0.0694. The van der Waals surface area contributed by atoms with Gasteiger partial charge in [0.1, 0.15) is 0 Å². The molecule has 88 valence electrons. The van der Waals surface area contributed by atoms with Gasteiger partial charge in [0.25, 0.3) is 0 Å². The number of hydrogen-bond donors (Lipinski definition) is 0. The zero-order valence-electron chi connectivity index (χ0n) is 9.36. The Morgan fingerprint density at radius 3 is 1.19 bits per heavy atom. The number of nitrogens with zero attached hydrogens (tertiary/aromatic N) is 2. The summed E-state index contributed by atoms with van der Waals surface area (Å²) in [5.41, 5.74) is 0. The highest BCUT2D eigenvalue weighted by atomic mass is 15.3. The Kier molecular flexibility index (Phi) is 12.2. The summed E-state index contributed by atoms with van der Waals surface area (Å²) < 4.78 is 0.903. The lowest BCUT2D eigenvalue weighted by molar-refractivity contribution is -0.906. The molecule has 0 fully saturated rings. The monoisotopic (exact) mass is 218 g/mol. The minimum absolute atomic E-state index is 0.0694. The molecule has 0 aromatic carbocycles. The van der Waals surface area contributed by atoms with Gasteiger partial charge in [0.2, 0.25) is 0 Å². The van der Waals surface area contributed by atoms with Crippen molar-refractivity contribution in [2.75, 3.05) is 26.2 Å². The first kappa shape index (κ1) is 16.9. The largest absolute Gasteiger partial charge is 0.311 e. The molecule has 3 heteroatoms. The molecule has 0 rings (SSSR count).